The third-order valence-corrected chi connectivity index (χ3v) is 6.16. The van der Waals surface area contributed by atoms with Crippen LogP contribution in [-0.4, -0.2) is 21.5 Å². The van der Waals surface area contributed by atoms with Crippen molar-refractivity contribution in [3.63, 3.8) is 0 Å². The maximum absolute atomic E-state index is 12.6. The molecular weight excluding hydrogens is 332 g/mol. The molecule has 3 rings (SSSR count). The summed E-state index contributed by atoms with van der Waals surface area (Å²) in [6, 6.07) is 14.9. The number of benzene rings is 2. The molecule has 2 N–H and O–H groups in total. The van der Waals surface area contributed by atoms with Gasteiger partial charge in [-0.3, -0.25) is 4.72 Å². The van der Waals surface area contributed by atoms with Crippen LogP contribution in [0, 0.1) is 0 Å². The molecule has 1 saturated heterocycles. The van der Waals surface area contributed by atoms with Gasteiger partial charge in [-0.1, -0.05) is 38.1 Å². The van der Waals surface area contributed by atoms with Gasteiger partial charge < -0.3 is 5.32 Å². The zero-order chi connectivity index (χ0) is 17.9. The minimum absolute atomic E-state index is 0.293. The van der Waals surface area contributed by atoms with Crippen molar-refractivity contribution in [2.75, 3.05) is 17.8 Å². The molecule has 0 aliphatic carbocycles. The van der Waals surface area contributed by atoms with E-state index in [4.69, 9.17) is 0 Å². The third-order valence-electron chi connectivity index (χ3n) is 4.76. The smallest absolute Gasteiger partial charge is 0.261 e. The average Bonchev–Trinajstić information content (AvgIpc) is 2.62. The summed E-state index contributed by atoms with van der Waals surface area (Å²) in [6.45, 7) is 6.20. The van der Waals surface area contributed by atoms with Crippen molar-refractivity contribution < 1.29 is 8.42 Å². The van der Waals surface area contributed by atoms with Gasteiger partial charge in [0.1, 0.15) is 0 Å². The van der Waals surface area contributed by atoms with E-state index in [9.17, 15) is 8.42 Å². The van der Waals surface area contributed by atoms with Gasteiger partial charge in [-0.05, 0) is 66.6 Å². The van der Waals surface area contributed by atoms with Gasteiger partial charge in [0.05, 0.1) is 4.90 Å². The van der Waals surface area contributed by atoms with Gasteiger partial charge in [-0.2, -0.15) is 0 Å². The first-order valence-electron chi connectivity index (χ1n) is 8.89. The van der Waals surface area contributed by atoms with Crippen molar-refractivity contribution in [2.45, 2.75) is 43.4 Å². The first-order valence-corrected chi connectivity index (χ1v) is 10.4. The Kier molecular flexibility index (Phi) is 5.45. The molecule has 2 aromatic rings. The van der Waals surface area contributed by atoms with E-state index in [1.54, 1.807) is 18.2 Å². The Morgan fingerprint density at radius 2 is 1.88 bits per heavy atom. The summed E-state index contributed by atoms with van der Waals surface area (Å²) in [4.78, 5) is 0.293. The molecule has 0 saturated carbocycles. The maximum Gasteiger partial charge on any atom is 0.261 e. The van der Waals surface area contributed by atoms with Gasteiger partial charge in [0, 0.05) is 12.2 Å². The number of hydrogen-bond acceptors (Lipinski definition) is 3. The molecule has 134 valence electrons. The van der Waals surface area contributed by atoms with E-state index in [-0.39, 0.29) is 0 Å². The highest BCUT2D eigenvalue weighted by Gasteiger charge is 2.18. The van der Waals surface area contributed by atoms with Gasteiger partial charge in [0.2, 0.25) is 0 Å². The molecule has 0 radical (unpaired) electrons. The number of sulfonamides is 1. The fourth-order valence-electron chi connectivity index (χ4n) is 3.24. The molecule has 5 heteroatoms. The van der Waals surface area contributed by atoms with Gasteiger partial charge in [-0.25, -0.2) is 8.42 Å². The molecule has 1 atom stereocenters. The Morgan fingerprint density at radius 3 is 2.52 bits per heavy atom. The van der Waals surface area contributed by atoms with Crippen LogP contribution in [0.4, 0.5) is 5.69 Å². The Hall–Kier alpha value is -1.85. The van der Waals surface area contributed by atoms with E-state index < -0.39 is 10.0 Å². The molecule has 1 fully saturated rings. The molecule has 4 nitrogen and oxygen atoms in total. The van der Waals surface area contributed by atoms with Crippen LogP contribution in [0.25, 0.3) is 0 Å². The molecule has 0 aromatic heterocycles. The predicted octanol–water partition coefficient (Wildman–Crippen LogP) is 4.08. The van der Waals surface area contributed by atoms with Crippen molar-refractivity contribution >= 4 is 15.7 Å². The van der Waals surface area contributed by atoms with Crippen LogP contribution >= 0.6 is 0 Å². The summed E-state index contributed by atoms with van der Waals surface area (Å²) in [5.74, 6) is 0.828. The maximum atomic E-state index is 12.6. The average molecular weight is 359 g/mol. The lowest BCUT2D eigenvalue weighted by molar-refractivity contribution is 0.462. The van der Waals surface area contributed by atoms with Crippen LogP contribution in [-0.2, 0) is 10.0 Å². The highest BCUT2D eigenvalue weighted by Crippen LogP contribution is 2.26. The molecule has 1 heterocycles. The lowest BCUT2D eigenvalue weighted by atomic mass is 9.91. The van der Waals surface area contributed by atoms with Crippen LogP contribution in [0.3, 0.4) is 0 Å². The Balaban J connectivity index is 1.78. The quantitative estimate of drug-likeness (QED) is 0.847. The summed E-state index contributed by atoms with van der Waals surface area (Å²) in [6.07, 6.45) is 2.29. The van der Waals surface area contributed by atoms with Gasteiger partial charge >= 0.3 is 0 Å². The topological polar surface area (TPSA) is 58.2 Å². The van der Waals surface area contributed by atoms with E-state index in [1.807, 2.05) is 24.3 Å². The SMILES string of the molecule is CC(C)c1ccc(S(=O)(=O)Nc2cccc(C3CCCNC3)c2)cc1. The minimum atomic E-state index is -3.57. The molecule has 1 aliphatic heterocycles. The summed E-state index contributed by atoms with van der Waals surface area (Å²) >= 11 is 0. The van der Waals surface area contributed by atoms with Crippen molar-refractivity contribution in [3.8, 4) is 0 Å². The van der Waals surface area contributed by atoms with Crippen LogP contribution < -0.4 is 10.0 Å². The van der Waals surface area contributed by atoms with E-state index in [0.29, 0.717) is 22.4 Å². The van der Waals surface area contributed by atoms with Crippen molar-refractivity contribution in [2.24, 2.45) is 0 Å². The zero-order valence-electron chi connectivity index (χ0n) is 14.8. The second-order valence-electron chi connectivity index (χ2n) is 7.00. The molecular formula is C20H26N2O2S. The third kappa shape index (κ3) is 4.41. The van der Waals surface area contributed by atoms with Crippen molar-refractivity contribution in [3.05, 3.63) is 59.7 Å². The number of hydrogen-bond donors (Lipinski definition) is 2. The van der Waals surface area contributed by atoms with E-state index in [1.165, 1.54) is 5.56 Å². The predicted molar refractivity (Wildman–Crippen MR) is 103 cm³/mol. The molecule has 0 bridgehead atoms. The number of piperidine rings is 1. The molecule has 1 aliphatic rings. The van der Waals surface area contributed by atoms with E-state index in [2.05, 4.69) is 30.0 Å². The largest absolute Gasteiger partial charge is 0.316 e. The van der Waals surface area contributed by atoms with Crippen molar-refractivity contribution in [1.82, 2.24) is 5.32 Å². The summed E-state index contributed by atoms with van der Waals surface area (Å²) < 4.78 is 28.0. The Bertz CT molecular complexity index is 808. The second kappa shape index (κ2) is 7.58. The normalized spacial score (nSPS) is 18.3. The van der Waals surface area contributed by atoms with Crippen LogP contribution in [0.1, 0.15) is 49.7 Å². The molecule has 2 aromatic carbocycles. The van der Waals surface area contributed by atoms with Crippen molar-refractivity contribution in [1.29, 1.82) is 0 Å². The van der Waals surface area contributed by atoms with Crippen LogP contribution in [0.15, 0.2) is 53.4 Å². The van der Waals surface area contributed by atoms with Gasteiger partial charge in [0.15, 0.2) is 0 Å². The van der Waals surface area contributed by atoms with Gasteiger partial charge in [-0.15, -0.1) is 0 Å². The lowest BCUT2D eigenvalue weighted by Crippen LogP contribution is -2.28. The van der Waals surface area contributed by atoms with Crippen LogP contribution in [0.5, 0.6) is 0 Å². The molecule has 0 spiro atoms. The fraction of sp³-hybridized carbons (Fsp3) is 0.400. The molecule has 25 heavy (non-hydrogen) atoms. The highest BCUT2D eigenvalue weighted by molar-refractivity contribution is 7.92. The Morgan fingerprint density at radius 1 is 1.12 bits per heavy atom. The lowest BCUT2D eigenvalue weighted by Gasteiger charge is -2.23. The van der Waals surface area contributed by atoms with E-state index >= 15 is 0 Å². The van der Waals surface area contributed by atoms with Gasteiger partial charge in [0.25, 0.3) is 10.0 Å². The Labute approximate surface area is 150 Å². The van der Waals surface area contributed by atoms with Crippen LogP contribution in [0.2, 0.25) is 0 Å². The first-order chi connectivity index (χ1) is 12.0. The summed E-state index contributed by atoms with van der Waals surface area (Å²) in [5.41, 5.74) is 2.93. The highest BCUT2D eigenvalue weighted by atomic mass is 32.2. The standard InChI is InChI=1S/C20H26N2O2S/c1-15(2)16-8-10-20(11-9-16)25(23,24)22-19-7-3-5-17(13-19)18-6-4-12-21-14-18/h3,5,7-11,13,15,18,21-22H,4,6,12,14H2,1-2H3. The first kappa shape index (κ1) is 18.0. The fourth-order valence-corrected chi connectivity index (χ4v) is 4.29. The van der Waals surface area contributed by atoms with E-state index in [0.717, 1.165) is 31.5 Å². The number of rotatable bonds is 5. The number of nitrogens with one attached hydrogen (secondary N) is 2. The summed E-state index contributed by atoms with van der Waals surface area (Å²) in [7, 11) is -3.57. The molecule has 1 unspecified atom stereocenters. The second-order valence-corrected chi connectivity index (χ2v) is 8.68. The molecule has 0 amide bonds. The minimum Gasteiger partial charge on any atom is -0.316 e. The zero-order valence-corrected chi connectivity index (χ0v) is 15.6. The summed E-state index contributed by atoms with van der Waals surface area (Å²) in [5, 5.41) is 3.40. The monoisotopic (exact) mass is 358 g/mol. The number of anilines is 1.